The molecule has 0 unspecified atom stereocenters. The van der Waals surface area contributed by atoms with Gasteiger partial charge in [0.1, 0.15) is 0 Å². The lowest BCUT2D eigenvalue weighted by molar-refractivity contribution is -0.122. The van der Waals surface area contributed by atoms with E-state index in [2.05, 4.69) is 26.1 Å². The molecule has 1 rings (SSSR count). The normalized spacial score (nSPS) is 11.9. The molecule has 0 saturated heterocycles. The fourth-order valence-electron chi connectivity index (χ4n) is 2.13. The van der Waals surface area contributed by atoms with Crippen molar-refractivity contribution in [3.8, 4) is 0 Å². The van der Waals surface area contributed by atoms with Gasteiger partial charge in [-0.3, -0.25) is 4.79 Å². The molecule has 0 saturated carbocycles. The molecule has 1 atom stereocenters. The maximum Gasteiger partial charge on any atom is 0.237 e. The highest BCUT2D eigenvalue weighted by Gasteiger charge is 2.14. The second-order valence-corrected chi connectivity index (χ2v) is 5.78. The van der Waals surface area contributed by atoms with Crippen LogP contribution in [0.1, 0.15) is 44.7 Å². The van der Waals surface area contributed by atoms with Crippen LogP contribution in [0.5, 0.6) is 0 Å². The van der Waals surface area contributed by atoms with Gasteiger partial charge in [0, 0.05) is 13.2 Å². The van der Waals surface area contributed by atoms with Crippen LogP contribution >= 0.6 is 12.4 Å². The van der Waals surface area contributed by atoms with Crippen molar-refractivity contribution in [2.45, 2.75) is 52.8 Å². The van der Waals surface area contributed by atoms with Crippen molar-refractivity contribution in [3.63, 3.8) is 0 Å². The lowest BCUT2D eigenvalue weighted by Gasteiger charge is -2.15. The molecule has 126 valence electrons. The number of nitrogens with one attached hydrogen (secondary N) is 1. The van der Waals surface area contributed by atoms with Crippen LogP contribution in [0.2, 0.25) is 0 Å². The summed E-state index contributed by atoms with van der Waals surface area (Å²) in [6, 6.07) is 7.57. The molecular weight excluding hydrogens is 300 g/mol. The second-order valence-electron chi connectivity index (χ2n) is 5.78. The molecule has 1 aromatic carbocycles. The molecule has 0 fully saturated rings. The Labute approximate surface area is 140 Å². The SMILES string of the molecule is CCCOCc1ccccc1CNC(=O)[C@@H](N)CC(C)C.Cl. The summed E-state index contributed by atoms with van der Waals surface area (Å²) < 4.78 is 5.58. The third-order valence-corrected chi connectivity index (χ3v) is 3.24. The topological polar surface area (TPSA) is 64.3 Å². The first kappa shape index (κ1) is 20.9. The molecule has 0 radical (unpaired) electrons. The second kappa shape index (κ2) is 11.5. The predicted molar refractivity (Wildman–Crippen MR) is 92.9 cm³/mol. The molecule has 0 aliphatic carbocycles. The average Bonchev–Trinajstić information content (AvgIpc) is 2.45. The Morgan fingerprint density at radius 1 is 1.27 bits per heavy atom. The molecule has 0 aromatic heterocycles. The maximum atomic E-state index is 12.0. The highest BCUT2D eigenvalue weighted by molar-refractivity contribution is 5.85. The molecule has 1 amide bonds. The Bertz CT molecular complexity index is 438. The van der Waals surface area contributed by atoms with Gasteiger partial charge in [0.2, 0.25) is 5.91 Å². The van der Waals surface area contributed by atoms with E-state index in [0.717, 1.165) is 24.2 Å². The van der Waals surface area contributed by atoms with Gasteiger partial charge in [-0.1, -0.05) is 45.0 Å². The Hall–Kier alpha value is -1.10. The summed E-state index contributed by atoms with van der Waals surface area (Å²) in [7, 11) is 0. The smallest absolute Gasteiger partial charge is 0.237 e. The van der Waals surface area contributed by atoms with Crippen molar-refractivity contribution in [3.05, 3.63) is 35.4 Å². The Morgan fingerprint density at radius 2 is 1.91 bits per heavy atom. The number of ether oxygens (including phenoxy) is 1. The molecule has 0 aliphatic rings. The van der Waals surface area contributed by atoms with Gasteiger partial charge in [-0.15, -0.1) is 12.4 Å². The van der Waals surface area contributed by atoms with E-state index in [-0.39, 0.29) is 18.3 Å². The number of hydrogen-bond donors (Lipinski definition) is 2. The molecule has 3 N–H and O–H groups in total. The van der Waals surface area contributed by atoms with E-state index in [1.54, 1.807) is 0 Å². The van der Waals surface area contributed by atoms with E-state index in [1.807, 2.05) is 24.3 Å². The minimum atomic E-state index is -0.437. The monoisotopic (exact) mass is 328 g/mol. The molecule has 22 heavy (non-hydrogen) atoms. The molecule has 0 bridgehead atoms. The molecule has 0 heterocycles. The number of rotatable bonds is 9. The number of hydrogen-bond acceptors (Lipinski definition) is 3. The number of carbonyl (C=O) groups is 1. The molecule has 1 aromatic rings. The summed E-state index contributed by atoms with van der Waals surface area (Å²) in [6.45, 7) is 8.04. The minimum absolute atomic E-state index is 0. The maximum absolute atomic E-state index is 12.0. The minimum Gasteiger partial charge on any atom is -0.377 e. The van der Waals surface area contributed by atoms with Crippen LogP contribution in [-0.4, -0.2) is 18.6 Å². The van der Waals surface area contributed by atoms with Gasteiger partial charge in [0.05, 0.1) is 12.6 Å². The number of amides is 1. The van der Waals surface area contributed by atoms with Crippen molar-refractivity contribution >= 4 is 18.3 Å². The van der Waals surface area contributed by atoms with Crippen molar-refractivity contribution in [1.82, 2.24) is 5.32 Å². The van der Waals surface area contributed by atoms with Crippen LogP contribution in [-0.2, 0) is 22.7 Å². The highest BCUT2D eigenvalue weighted by Crippen LogP contribution is 2.10. The average molecular weight is 329 g/mol. The van der Waals surface area contributed by atoms with E-state index < -0.39 is 6.04 Å². The van der Waals surface area contributed by atoms with Gasteiger partial charge in [-0.05, 0) is 29.9 Å². The van der Waals surface area contributed by atoms with E-state index >= 15 is 0 Å². The molecule has 5 heteroatoms. The fraction of sp³-hybridized carbons (Fsp3) is 0.588. The predicted octanol–water partition coefficient (Wildman–Crippen LogP) is 3.02. The van der Waals surface area contributed by atoms with Crippen LogP contribution in [0.4, 0.5) is 0 Å². The summed E-state index contributed by atoms with van der Waals surface area (Å²) in [5, 5.41) is 2.92. The van der Waals surface area contributed by atoms with Crippen LogP contribution in [0.25, 0.3) is 0 Å². The first-order valence-corrected chi connectivity index (χ1v) is 7.72. The first-order chi connectivity index (χ1) is 10.0. The van der Waals surface area contributed by atoms with Crippen molar-refractivity contribution in [2.75, 3.05) is 6.61 Å². The van der Waals surface area contributed by atoms with Crippen LogP contribution in [0.15, 0.2) is 24.3 Å². The van der Waals surface area contributed by atoms with Crippen LogP contribution < -0.4 is 11.1 Å². The zero-order valence-corrected chi connectivity index (χ0v) is 14.6. The lowest BCUT2D eigenvalue weighted by Crippen LogP contribution is -2.41. The van der Waals surface area contributed by atoms with Gasteiger partial charge in [0.25, 0.3) is 0 Å². The first-order valence-electron chi connectivity index (χ1n) is 7.72. The highest BCUT2D eigenvalue weighted by atomic mass is 35.5. The summed E-state index contributed by atoms with van der Waals surface area (Å²) in [5.74, 6) is 0.327. The van der Waals surface area contributed by atoms with E-state index in [4.69, 9.17) is 10.5 Å². The molecule has 4 nitrogen and oxygen atoms in total. The van der Waals surface area contributed by atoms with E-state index in [0.29, 0.717) is 25.5 Å². The Balaban J connectivity index is 0.00000441. The van der Waals surface area contributed by atoms with E-state index in [1.165, 1.54) is 0 Å². The number of carbonyl (C=O) groups excluding carboxylic acids is 1. The summed E-state index contributed by atoms with van der Waals surface area (Å²) in [5.41, 5.74) is 8.08. The van der Waals surface area contributed by atoms with Crippen LogP contribution in [0.3, 0.4) is 0 Å². The Kier molecular flexibility index (Phi) is 10.9. The zero-order valence-electron chi connectivity index (χ0n) is 13.8. The molecule has 0 aliphatic heterocycles. The largest absolute Gasteiger partial charge is 0.377 e. The summed E-state index contributed by atoms with van der Waals surface area (Å²) in [4.78, 5) is 12.0. The standard InChI is InChI=1S/C17H28N2O2.ClH/c1-4-9-21-12-15-8-6-5-7-14(15)11-19-17(20)16(18)10-13(2)3;/h5-8,13,16H,4,9-12,18H2,1-3H3,(H,19,20);1H/t16-;/m0./s1. The number of benzene rings is 1. The van der Waals surface area contributed by atoms with Gasteiger partial charge in [-0.2, -0.15) is 0 Å². The van der Waals surface area contributed by atoms with E-state index in [9.17, 15) is 4.79 Å². The molecule has 0 spiro atoms. The lowest BCUT2D eigenvalue weighted by atomic mass is 10.0. The Morgan fingerprint density at radius 3 is 2.50 bits per heavy atom. The van der Waals surface area contributed by atoms with Gasteiger partial charge < -0.3 is 15.8 Å². The molecular formula is C17H29ClN2O2. The quantitative estimate of drug-likeness (QED) is 0.685. The van der Waals surface area contributed by atoms with Crippen molar-refractivity contribution in [1.29, 1.82) is 0 Å². The van der Waals surface area contributed by atoms with Crippen molar-refractivity contribution in [2.24, 2.45) is 11.7 Å². The van der Waals surface area contributed by atoms with Crippen molar-refractivity contribution < 1.29 is 9.53 Å². The number of nitrogens with two attached hydrogens (primary N) is 1. The van der Waals surface area contributed by atoms with Gasteiger partial charge in [0.15, 0.2) is 0 Å². The van der Waals surface area contributed by atoms with Crippen LogP contribution in [0, 0.1) is 5.92 Å². The number of halogens is 1. The fourth-order valence-corrected chi connectivity index (χ4v) is 2.13. The van der Waals surface area contributed by atoms with Gasteiger partial charge in [-0.25, -0.2) is 0 Å². The summed E-state index contributed by atoms with van der Waals surface area (Å²) in [6.07, 6.45) is 1.70. The third-order valence-electron chi connectivity index (χ3n) is 3.24. The zero-order chi connectivity index (χ0) is 15.7. The third kappa shape index (κ3) is 7.78. The van der Waals surface area contributed by atoms with Gasteiger partial charge >= 0.3 is 0 Å². The summed E-state index contributed by atoms with van der Waals surface area (Å²) >= 11 is 0.